The van der Waals surface area contributed by atoms with Crippen LogP contribution < -0.4 is 4.74 Å². The fourth-order valence-electron chi connectivity index (χ4n) is 0.833. The van der Waals surface area contributed by atoms with E-state index in [0.717, 1.165) is 0 Å². The minimum atomic E-state index is -0.0556. The fourth-order valence-corrected chi connectivity index (χ4v) is 0.833. The number of Topliss-reactive ketones (excluding diaryl/α,β-unsaturated/α-hetero) is 1. The van der Waals surface area contributed by atoms with Crippen molar-refractivity contribution in [1.82, 2.24) is 9.97 Å². The van der Waals surface area contributed by atoms with E-state index in [1.807, 2.05) is 0 Å². The van der Waals surface area contributed by atoms with Crippen LogP contribution in [0.15, 0.2) is 12.4 Å². The third-order valence-electron chi connectivity index (χ3n) is 1.44. The second kappa shape index (κ2) is 3.80. The highest BCUT2D eigenvalue weighted by Crippen LogP contribution is 2.11. The van der Waals surface area contributed by atoms with Crippen LogP contribution in [0.4, 0.5) is 0 Å². The number of nitrogens with zero attached hydrogens (tertiary/aromatic N) is 2. The predicted octanol–water partition coefficient (Wildman–Crippen LogP) is 1.08. The first-order valence-corrected chi connectivity index (χ1v) is 3.67. The topological polar surface area (TPSA) is 52.1 Å². The molecule has 1 heterocycles. The van der Waals surface area contributed by atoms with Crippen molar-refractivity contribution in [3.05, 3.63) is 18.1 Å². The van der Waals surface area contributed by atoms with Gasteiger partial charge in [-0.15, -0.1) is 0 Å². The Morgan fingerprint density at radius 3 is 2.75 bits per heavy atom. The summed E-state index contributed by atoms with van der Waals surface area (Å²) in [6, 6.07) is 0. The molecule has 0 aliphatic rings. The lowest BCUT2D eigenvalue weighted by Gasteiger charge is -2.01. The second-order valence-electron chi connectivity index (χ2n) is 2.19. The van der Waals surface area contributed by atoms with Crippen molar-refractivity contribution in [3.63, 3.8) is 0 Å². The number of ketones is 1. The van der Waals surface area contributed by atoms with Crippen LogP contribution in [0.3, 0.4) is 0 Å². The molecule has 1 aromatic rings. The highest BCUT2D eigenvalue weighted by Gasteiger charge is 2.11. The number of carbonyl (C=O) groups is 1. The molecular formula is C8H10N2O2. The molecule has 0 bridgehead atoms. The quantitative estimate of drug-likeness (QED) is 0.630. The Balaban J connectivity index is 3.04. The number of methoxy groups -OCH3 is 1. The Hall–Kier alpha value is -1.45. The zero-order valence-electron chi connectivity index (χ0n) is 7.07. The van der Waals surface area contributed by atoms with Crippen molar-refractivity contribution >= 4 is 5.78 Å². The number of ether oxygens (including phenoxy) is 1. The standard InChI is InChI=1S/C8H10N2O2/c1-3-6(11)7-8(12-2)10-5-4-9-7/h4-5H,3H2,1-2H3. The lowest BCUT2D eigenvalue weighted by Crippen LogP contribution is -2.04. The maximum atomic E-state index is 11.2. The summed E-state index contributed by atoms with van der Waals surface area (Å²) >= 11 is 0. The first-order chi connectivity index (χ1) is 5.79. The highest BCUT2D eigenvalue weighted by atomic mass is 16.5. The average molecular weight is 166 g/mol. The molecule has 0 amide bonds. The van der Waals surface area contributed by atoms with Crippen LogP contribution >= 0.6 is 0 Å². The van der Waals surface area contributed by atoms with Crippen molar-refractivity contribution < 1.29 is 9.53 Å². The maximum absolute atomic E-state index is 11.2. The molecule has 0 unspecified atom stereocenters. The largest absolute Gasteiger partial charge is 0.479 e. The molecule has 0 aromatic carbocycles. The van der Waals surface area contributed by atoms with Crippen LogP contribution in [0.2, 0.25) is 0 Å². The van der Waals surface area contributed by atoms with Crippen molar-refractivity contribution in [2.45, 2.75) is 13.3 Å². The number of aromatic nitrogens is 2. The van der Waals surface area contributed by atoms with E-state index in [9.17, 15) is 4.79 Å². The molecule has 0 radical (unpaired) electrons. The molecule has 1 aromatic heterocycles. The molecule has 12 heavy (non-hydrogen) atoms. The third kappa shape index (κ3) is 1.58. The summed E-state index contributed by atoms with van der Waals surface area (Å²) in [7, 11) is 1.47. The normalized spacial score (nSPS) is 9.50. The first kappa shape index (κ1) is 8.64. The van der Waals surface area contributed by atoms with Gasteiger partial charge >= 0.3 is 0 Å². The molecular weight excluding hydrogens is 156 g/mol. The number of hydrogen-bond donors (Lipinski definition) is 0. The molecule has 0 N–H and O–H groups in total. The lowest BCUT2D eigenvalue weighted by atomic mass is 10.2. The van der Waals surface area contributed by atoms with E-state index in [2.05, 4.69) is 9.97 Å². The van der Waals surface area contributed by atoms with Gasteiger partial charge in [-0.3, -0.25) is 4.79 Å². The number of carbonyl (C=O) groups excluding carboxylic acids is 1. The summed E-state index contributed by atoms with van der Waals surface area (Å²) in [4.78, 5) is 19.0. The lowest BCUT2D eigenvalue weighted by molar-refractivity contribution is 0.0979. The summed E-state index contributed by atoms with van der Waals surface area (Å²) in [5.41, 5.74) is 0.308. The molecule has 0 saturated heterocycles. The number of hydrogen-bond acceptors (Lipinski definition) is 4. The SMILES string of the molecule is CCC(=O)c1nccnc1OC. The van der Waals surface area contributed by atoms with Crippen LogP contribution in [0.5, 0.6) is 5.88 Å². The van der Waals surface area contributed by atoms with Crippen LogP contribution in [0, 0.1) is 0 Å². The van der Waals surface area contributed by atoms with E-state index in [-0.39, 0.29) is 5.78 Å². The summed E-state index contributed by atoms with van der Waals surface area (Å²) in [6.07, 6.45) is 3.38. The molecule has 4 heteroatoms. The van der Waals surface area contributed by atoms with E-state index in [0.29, 0.717) is 18.0 Å². The van der Waals surface area contributed by atoms with Gasteiger partial charge in [-0.05, 0) is 0 Å². The van der Waals surface area contributed by atoms with Gasteiger partial charge < -0.3 is 4.74 Å². The summed E-state index contributed by atoms with van der Waals surface area (Å²) in [5.74, 6) is 0.240. The van der Waals surface area contributed by atoms with Gasteiger partial charge in [0.25, 0.3) is 0 Å². The summed E-state index contributed by atoms with van der Waals surface area (Å²) in [6.45, 7) is 1.77. The molecule has 64 valence electrons. The van der Waals surface area contributed by atoms with Crippen LogP contribution in [0.1, 0.15) is 23.8 Å². The molecule has 0 fully saturated rings. The van der Waals surface area contributed by atoms with Crippen LogP contribution in [0.25, 0.3) is 0 Å². The fraction of sp³-hybridized carbons (Fsp3) is 0.375. The van der Waals surface area contributed by atoms with Gasteiger partial charge in [-0.1, -0.05) is 6.92 Å². The maximum Gasteiger partial charge on any atom is 0.243 e. The Morgan fingerprint density at radius 1 is 1.50 bits per heavy atom. The summed E-state index contributed by atoms with van der Waals surface area (Å²) < 4.78 is 4.87. The van der Waals surface area contributed by atoms with Gasteiger partial charge in [0.1, 0.15) is 0 Å². The molecule has 0 atom stereocenters. The van der Waals surface area contributed by atoms with E-state index in [1.165, 1.54) is 19.5 Å². The smallest absolute Gasteiger partial charge is 0.243 e. The minimum Gasteiger partial charge on any atom is -0.479 e. The molecule has 0 saturated carbocycles. The van der Waals surface area contributed by atoms with Crippen molar-refractivity contribution in [1.29, 1.82) is 0 Å². The third-order valence-corrected chi connectivity index (χ3v) is 1.44. The van der Waals surface area contributed by atoms with Crippen LogP contribution in [-0.2, 0) is 0 Å². The van der Waals surface area contributed by atoms with Crippen molar-refractivity contribution in [2.24, 2.45) is 0 Å². The zero-order valence-corrected chi connectivity index (χ0v) is 7.07. The molecule has 0 spiro atoms. The van der Waals surface area contributed by atoms with E-state index in [4.69, 9.17) is 4.74 Å². The first-order valence-electron chi connectivity index (χ1n) is 3.67. The van der Waals surface area contributed by atoms with Crippen molar-refractivity contribution in [3.8, 4) is 5.88 Å². The van der Waals surface area contributed by atoms with E-state index >= 15 is 0 Å². The second-order valence-corrected chi connectivity index (χ2v) is 2.19. The van der Waals surface area contributed by atoms with Crippen LogP contribution in [-0.4, -0.2) is 22.9 Å². The predicted molar refractivity (Wildman–Crippen MR) is 43.2 cm³/mol. The Bertz CT molecular complexity index is 286. The van der Waals surface area contributed by atoms with E-state index in [1.54, 1.807) is 6.92 Å². The van der Waals surface area contributed by atoms with Gasteiger partial charge in [0.15, 0.2) is 11.5 Å². The molecule has 0 aliphatic heterocycles. The minimum absolute atomic E-state index is 0.0556. The van der Waals surface area contributed by atoms with Gasteiger partial charge in [-0.25, -0.2) is 9.97 Å². The Labute approximate surface area is 70.6 Å². The van der Waals surface area contributed by atoms with Gasteiger partial charge in [0.05, 0.1) is 7.11 Å². The number of rotatable bonds is 3. The Kier molecular flexibility index (Phi) is 2.74. The molecule has 4 nitrogen and oxygen atoms in total. The molecule has 1 rings (SSSR count). The Morgan fingerprint density at radius 2 is 2.17 bits per heavy atom. The van der Waals surface area contributed by atoms with Gasteiger partial charge in [0, 0.05) is 18.8 Å². The zero-order chi connectivity index (χ0) is 8.97. The van der Waals surface area contributed by atoms with E-state index < -0.39 is 0 Å². The molecule has 0 aliphatic carbocycles. The van der Waals surface area contributed by atoms with Gasteiger partial charge in [-0.2, -0.15) is 0 Å². The monoisotopic (exact) mass is 166 g/mol. The highest BCUT2D eigenvalue weighted by molar-refractivity contribution is 5.95. The van der Waals surface area contributed by atoms with Crippen molar-refractivity contribution in [2.75, 3.05) is 7.11 Å². The summed E-state index contributed by atoms with van der Waals surface area (Å²) in [5, 5.41) is 0. The van der Waals surface area contributed by atoms with Gasteiger partial charge in [0.2, 0.25) is 5.88 Å². The average Bonchev–Trinajstić information content (AvgIpc) is 2.16.